The van der Waals surface area contributed by atoms with Crippen LogP contribution in [0.25, 0.3) is 0 Å². The summed E-state index contributed by atoms with van der Waals surface area (Å²) in [4.78, 5) is 58.2. The Kier molecular flexibility index (Phi) is 49.4. The van der Waals surface area contributed by atoms with E-state index in [4.69, 9.17) is 18.9 Å². The normalized spacial score (nSPS) is 13.2. The summed E-state index contributed by atoms with van der Waals surface area (Å²) in [7, 11) is 5.33. The average molecular weight is 1070 g/mol. The van der Waals surface area contributed by atoms with Gasteiger partial charge in [0.15, 0.2) is 0 Å². The monoisotopic (exact) mass is 1070 g/mol. The molecule has 0 aromatic heterocycles. The van der Waals surface area contributed by atoms with E-state index in [1.54, 1.807) is 26.5 Å². The first-order valence-electron chi connectivity index (χ1n) is 30.6. The van der Waals surface area contributed by atoms with Crippen molar-refractivity contribution in [1.29, 1.82) is 0 Å². The van der Waals surface area contributed by atoms with Gasteiger partial charge in [-0.2, -0.15) is 0 Å². The lowest BCUT2D eigenvalue weighted by atomic mass is 10.0. The summed E-state index contributed by atoms with van der Waals surface area (Å²) < 4.78 is 23.3. The number of esters is 2. The third-order valence-corrected chi connectivity index (χ3v) is 16.5. The number of hydrogen-bond donors (Lipinski definition) is 1. The summed E-state index contributed by atoms with van der Waals surface area (Å²) in [6, 6.07) is 0. The van der Waals surface area contributed by atoms with Crippen molar-refractivity contribution in [3.8, 4) is 0 Å². The van der Waals surface area contributed by atoms with Crippen molar-refractivity contribution in [3.63, 3.8) is 0 Å². The van der Waals surface area contributed by atoms with Crippen molar-refractivity contribution in [2.45, 2.75) is 271 Å². The van der Waals surface area contributed by atoms with Crippen LogP contribution in [0.15, 0.2) is 0 Å². The summed E-state index contributed by atoms with van der Waals surface area (Å²) in [5, 5.41) is 2.85. The van der Waals surface area contributed by atoms with Gasteiger partial charge in [0.25, 0.3) is 0 Å². The van der Waals surface area contributed by atoms with E-state index in [1.807, 2.05) is 0 Å². The number of alkyl carbamates (subject to hydrolysis) is 1. The van der Waals surface area contributed by atoms with Crippen LogP contribution in [0.2, 0.25) is 0 Å². The minimum atomic E-state index is -0.383. The molecule has 0 aromatic carbocycles. The van der Waals surface area contributed by atoms with Crippen molar-refractivity contribution >= 4 is 45.7 Å². The van der Waals surface area contributed by atoms with Crippen LogP contribution in [0.1, 0.15) is 259 Å². The van der Waals surface area contributed by atoms with Gasteiger partial charge in [-0.05, 0) is 84.1 Å². The fourth-order valence-electron chi connectivity index (χ4n) is 9.39. The van der Waals surface area contributed by atoms with Gasteiger partial charge in [-0.25, -0.2) is 9.59 Å². The Labute approximate surface area is 456 Å². The van der Waals surface area contributed by atoms with Crippen LogP contribution in [0, 0.1) is 0 Å². The number of rotatable bonds is 52. The Balaban J connectivity index is 2.61. The Bertz CT molecular complexity index is 1190. The second-order valence-corrected chi connectivity index (χ2v) is 23.7. The van der Waals surface area contributed by atoms with Crippen LogP contribution < -0.4 is 5.32 Å². The molecule has 14 heteroatoms. The number of hydrogen-bond acceptors (Lipinski definition) is 12. The summed E-state index contributed by atoms with van der Waals surface area (Å²) in [6.45, 7) is 16.3. The molecule has 1 rings (SSSR count). The zero-order chi connectivity index (χ0) is 53.1. The quantitative estimate of drug-likeness (QED) is 0.0270. The number of ether oxygens (including phenoxy) is 4. The highest BCUT2D eigenvalue weighted by atomic mass is 33.1. The second-order valence-electron chi connectivity index (χ2n) is 21.0. The lowest BCUT2D eigenvalue weighted by Gasteiger charge is -2.32. The molecule has 0 spiro atoms. The average Bonchev–Trinajstić information content (AvgIpc) is 3.38. The molecule has 0 unspecified atom stereocenters. The van der Waals surface area contributed by atoms with Gasteiger partial charge in [-0.1, -0.05) is 191 Å². The molecule has 0 radical (unpaired) electrons. The number of amides is 2. The highest BCUT2D eigenvalue weighted by Crippen LogP contribution is 2.22. The van der Waals surface area contributed by atoms with Crippen molar-refractivity contribution < 1.29 is 38.1 Å². The molecule has 12 nitrogen and oxygen atoms in total. The molecule has 0 atom stereocenters. The lowest BCUT2D eigenvalue weighted by molar-refractivity contribution is -0.151. The number of piperazine rings is 1. The molecule has 1 heterocycles. The van der Waals surface area contributed by atoms with Crippen LogP contribution in [0.3, 0.4) is 0 Å². The summed E-state index contributed by atoms with van der Waals surface area (Å²) in [5.74, 6) is 1.10. The maximum atomic E-state index is 13.5. The van der Waals surface area contributed by atoms with Crippen molar-refractivity contribution in [1.82, 2.24) is 20.0 Å². The topological polar surface area (TPSA) is 127 Å². The third kappa shape index (κ3) is 44.9. The molecule has 1 aliphatic heterocycles. The summed E-state index contributed by atoms with van der Waals surface area (Å²) in [5.41, 5.74) is 0. The van der Waals surface area contributed by atoms with Gasteiger partial charge >= 0.3 is 24.1 Å². The van der Waals surface area contributed by atoms with E-state index in [9.17, 15) is 19.2 Å². The number of unbranched alkanes of at least 4 members (excludes halogenated alkanes) is 24. The van der Waals surface area contributed by atoms with Crippen LogP contribution in [-0.4, -0.2) is 135 Å². The highest BCUT2D eigenvalue weighted by Gasteiger charge is 2.19. The van der Waals surface area contributed by atoms with Crippen LogP contribution >= 0.6 is 21.6 Å². The first kappa shape index (κ1) is 69.1. The number of carbonyl (C=O) groups is 4. The first-order chi connectivity index (χ1) is 35.7. The first-order valence-corrected chi connectivity index (χ1v) is 33.1. The molecule has 73 heavy (non-hydrogen) atoms. The van der Waals surface area contributed by atoms with Crippen LogP contribution in [0.5, 0.6) is 0 Å². The molecule has 0 aliphatic carbocycles. The van der Waals surface area contributed by atoms with E-state index in [0.717, 1.165) is 123 Å². The molecule has 0 saturated carbocycles. The van der Waals surface area contributed by atoms with Gasteiger partial charge in [0, 0.05) is 76.7 Å². The van der Waals surface area contributed by atoms with Gasteiger partial charge in [-0.3, -0.25) is 14.5 Å². The van der Waals surface area contributed by atoms with Crippen molar-refractivity contribution in [2.75, 3.05) is 84.1 Å². The summed E-state index contributed by atoms with van der Waals surface area (Å²) >= 11 is 0. The molecule has 430 valence electrons. The molecule has 0 aromatic rings. The lowest BCUT2D eigenvalue weighted by Crippen LogP contribution is -2.47. The van der Waals surface area contributed by atoms with E-state index >= 15 is 0 Å². The van der Waals surface area contributed by atoms with Gasteiger partial charge in [0.2, 0.25) is 0 Å². The number of carbonyl (C=O) groups excluding carboxylic acids is 4. The van der Waals surface area contributed by atoms with E-state index in [2.05, 4.69) is 49.9 Å². The molecule has 1 N–H and O–H groups in total. The number of nitrogens with zero attached hydrogens (tertiary/aromatic N) is 3. The Morgan fingerprint density at radius 1 is 0.479 bits per heavy atom. The van der Waals surface area contributed by atoms with E-state index in [-0.39, 0.29) is 42.9 Å². The van der Waals surface area contributed by atoms with Crippen molar-refractivity contribution in [3.05, 3.63) is 0 Å². The minimum Gasteiger partial charge on any atom is -0.462 e. The number of nitrogens with one attached hydrogen (secondary N) is 1. The van der Waals surface area contributed by atoms with E-state index in [0.29, 0.717) is 50.6 Å². The Morgan fingerprint density at radius 2 is 0.849 bits per heavy atom. The van der Waals surface area contributed by atoms with E-state index in [1.165, 1.54) is 128 Å². The Morgan fingerprint density at radius 3 is 1.26 bits per heavy atom. The maximum Gasteiger partial charge on any atom is 0.409 e. The van der Waals surface area contributed by atoms with Crippen molar-refractivity contribution in [2.24, 2.45) is 0 Å². The zero-order valence-electron chi connectivity index (χ0n) is 48.0. The largest absolute Gasteiger partial charge is 0.462 e. The van der Waals surface area contributed by atoms with Gasteiger partial charge in [-0.15, -0.1) is 0 Å². The SMILES string of the molecule is CCCCCCCCC(CCCCCCCC)OC(=O)CCCCCN(CCCCCC(=O)OC(CCCCCCCC)CCCCCCCC)C(=O)OCCSSCCOC(=O)NCCN1CCN(C)CC1. The van der Waals surface area contributed by atoms with Crippen LogP contribution in [0.4, 0.5) is 9.59 Å². The van der Waals surface area contributed by atoms with Gasteiger partial charge in [0.05, 0.1) is 0 Å². The molecule has 2 amide bonds. The summed E-state index contributed by atoms with van der Waals surface area (Å²) in [6.07, 6.45) is 38.4. The van der Waals surface area contributed by atoms with E-state index < -0.39 is 0 Å². The zero-order valence-corrected chi connectivity index (χ0v) is 49.7. The predicted octanol–water partition coefficient (Wildman–Crippen LogP) is 15.7. The molecule has 0 bridgehead atoms. The van der Waals surface area contributed by atoms with Gasteiger partial charge in [0.1, 0.15) is 25.4 Å². The molecule has 1 saturated heterocycles. The predicted molar refractivity (Wildman–Crippen MR) is 310 cm³/mol. The fraction of sp³-hybridized carbons (Fsp3) is 0.932. The minimum absolute atomic E-state index is 0.0206. The third-order valence-electron chi connectivity index (χ3n) is 14.2. The fourth-order valence-corrected chi connectivity index (χ4v) is 11.0. The maximum absolute atomic E-state index is 13.5. The molecule has 1 fully saturated rings. The number of likely N-dealkylation sites (N-methyl/N-ethyl adjacent to an activating group) is 1. The smallest absolute Gasteiger partial charge is 0.409 e. The second kappa shape index (κ2) is 52.2. The molecular formula is C59H114N4O8S2. The standard InChI is InChI=1S/C59H114N4O8S2/c1-6-10-14-18-22-28-36-54(37-29-23-19-15-11-7-2)70-56(64)40-32-26-34-43-63(59(67)69-51-53-73-72-52-50-68-58(66)60-42-45-62-48-46-61(5)47-49-62)44-35-27-33-41-57(65)71-55(38-30-24-20-16-12-8-3)39-31-25-21-17-13-9-4/h54-55H,6-53H2,1-5H3,(H,60,66). The Hall–Kier alpha value is -1.90. The van der Waals surface area contributed by atoms with Crippen LogP contribution in [-0.2, 0) is 28.5 Å². The molecule has 1 aliphatic rings. The highest BCUT2D eigenvalue weighted by molar-refractivity contribution is 8.76. The van der Waals surface area contributed by atoms with Gasteiger partial charge < -0.3 is 34.1 Å². The molecular weight excluding hydrogens is 957 g/mol.